The van der Waals surface area contributed by atoms with E-state index in [2.05, 4.69) is 36.1 Å². The van der Waals surface area contributed by atoms with Gasteiger partial charge in [0, 0.05) is 18.2 Å². The Labute approximate surface area is 124 Å². The first-order valence-electron chi connectivity index (χ1n) is 7.25. The summed E-state index contributed by atoms with van der Waals surface area (Å²) in [5.41, 5.74) is 3.80. The molecule has 108 valence electrons. The van der Waals surface area contributed by atoms with Gasteiger partial charge in [-0.2, -0.15) is 5.10 Å². The lowest BCUT2D eigenvalue weighted by molar-refractivity contribution is 0.0952. The molecule has 1 aromatic carbocycles. The van der Waals surface area contributed by atoms with Crippen molar-refractivity contribution >= 4 is 5.91 Å². The van der Waals surface area contributed by atoms with Crippen molar-refractivity contribution in [1.82, 2.24) is 15.1 Å². The molecule has 1 amide bonds. The highest BCUT2D eigenvalue weighted by Crippen LogP contribution is 2.41. The maximum absolute atomic E-state index is 12.1. The molecule has 0 spiro atoms. The standard InChI is InChI=1S/C17H19N3O/c1-3-9-18-17(21)15-11-16(13-7-8-13)20(19-15)14-6-4-5-12(2)10-14/h3-6,10-11,13H,1,7-9H2,2H3,(H,18,21). The molecule has 0 aliphatic heterocycles. The van der Waals surface area contributed by atoms with Crippen LogP contribution in [0.25, 0.3) is 5.69 Å². The summed E-state index contributed by atoms with van der Waals surface area (Å²) in [4.78, 5) is 12.1. The lowest BCUT2D eigenvalue weighted by Gasteiger charge is -2.07. The third-order valence-corrected chi connectivity index (χ3v) is 3.62. The molecule has 4 nitrogen and oxygen atoms in total. The van der Waals surface area contributed by atoms with Gasteiger partial charge in [0.25, 0.3) is 5.91 Å². The zero-order valence-electron chi connectivity index (χ0n) is 12.2. The number of benzene rings is 1. The van der Waals surface area contributed by atoms with E-state index in [1.54, 1.807) is 6.08 Å². The van der Waals surface area contributed by atoms with E-state index in [0.29, 0.717) is 18.2 Å². The molecular weight excluding hydrogens is 262 g/mol. The molecule has 0 saturated heterocycles. The Morgan fingerprint density at radius 2 is 2.29 bits per heavy atom. The Kier molecular flexibility index (Phi) is 3.60. The molecule has 3 rings (SSSR count). The summed E-state index contributed by atoms with van der Waals surface area (Å²) >= 11 is 0. The Morgan fingerprint density at radius 1 is 1.48 bits per heavy atom. The van der Waals surface area contributed by atoms with Crippen LogP contribution in [0.3, 0.4) is 0 Å². The summed E-state index contributed by atoms with van der Waals surface area (Å²) in [7, 11) is 0. The lowest BCUT2D eigenvalue weighted by atomic mass is 10.2. The van der Waals surface area contributed by atoms with Crippen LogP contribution in [0, 0.1) is 6.92 Å². The van der Waals surface area contributed by atoms with Gasteiger partial charge in [0.05, 0.1) is 5.69 Å². The summed E-state index contributed by atoms with van der Waals surface area (Å²) < 4.78 is 1.91. The molecule has 1 aliphatic rings. The first-order valence-corrected chi connectivity index (χ1v) is 7.25. The van der Waals surface area contributed by atoms with E-state index in [9.17, 15) is 4.79 Å². The molecular formula is C17H19N3O. The Balaban J connectivity index is 1.97. The molecule has 0 unspecified atom stereocenters. The van der Waals surface area contributed by atoms with Crippen molar-refractivity contribution in [2.24, 2.45) is 0 Å². The van der Waals surface area contributed by atoms with Crippen LogP contribution in [-0.2, 0) is 0 Å². The van der Waals surface area contributed by atoms with Crippen molar-refractivity contribution in [2.75, 3.05) is 6.54 Å². The van der Waals surface area contributed by atoms with Crippen molar-refractivity contribution in [3.63, 3.8) is 0 Å². The zero-order chi connectivity index (χ0) is 14.8. The fraction of sp³-hybridized carbons (Fsp3) is 0.294. The highest BCUT2D eigenvalue weighted by molar-refractivity contribution is 5.92. The predicted octanol–water partition coefficient (Wildman–Crippen LogP) is 2.97. The number of aryl methyl sites for hydroxylation is 1. The van der Waals surface area contributed by atoms with Gasteiger partial charge in [-0.25, -0.2) is 4.68 Å². The van der Waals surface area contributed by atoms with Crippen LogP contribution in [0.5, 0.6) is 0 Å². The van der Waals surface area contributed by atoms with Crippen LogP contribution in [0.4, 0.5) is 0 Å². The minimum absolute atomic E-state index is 0.150. The van der Waals surface area contributed by atoms with Crippen molar-refractivity contribution in [2.45, 2.75) is 25.7 Å². The molecule has 1 saturated carbocycles. The molecule has 1 fully saturated rings. The van der Waals surface area contributed by atoms with Gasteiger partial charge in [-0.1, -0.05) is 18.2 Å². The van der Waals surface area contributed by atoms with Crippen molar-refractivity contribution in [1.29, 1.82) is 0 Å². The smallest absolute Gasteiger partial charge is 0.272 e. The molecule has 1 N–H and O–H groups in total. The highest BCUT2D eigenvalue weighted by Gasteiger charge is 2.29. The third-order valence-electron chi connectivity index (χ3n) is 3.62. The Hall–Kier alpha value is -2.36. The Bertz CT molecular complexity index is 683. The van der Waals surface area contributed by atoms with Crippen LogP contribution in [0.1, 0.15) is 40.5 Å². The van der Waals surface area contributed by atoms with Gasteiger partial charge in [0.15, 0.2) is 5.69 Å². The fourth-order valence-electron chi connectivity index (χ4n) is 2.40. The second-order valence-corrected chi connectivity index (χ2v) is 5.48. The van der Waals surface area contributed by atoms with Crippen LogP contribution in [0.15, 0.2) is 43.0 Å². The topological polar surface area (TPSA) is 46.9 Å². The number of carbonyl (C=O) groups is 1. The summed E-state index contributed by atoms with van der Waals surface area (Å²) in [5.74, 6) is 0.377. The quantitative estimate of drug-likeness (QED) is 0.856. The van der Waals surface area contributed by atoms with Crippen LogP contribution in [0.2, 0.25) is 0 Å². The second kappa shape index (κ2) is 5.56. The Morgan fingerprint density at radius 3 is 2.95 bits per heavy atom. The van der Waals surface area contributed by atoms with Crippen molar-refractivity contribution in [3.05, 3.63) is 59.9 Å². The van der Waals surface area contributed by atoms with E-state index < -0.39 is 0 Å². The summed E-state index contributed by atoms with van der Waals surface area (Å²) in [6.07, 6.45) is 4.01. The van der Waals surface area contributed by atoms with E-state index >= 15 is 0 Å². The van der Waals surface area contributed by atoms with Crippen molar-refractivity contribution in [3.8, 4) is 5.69 Å². The monoisotopic (exact) mass is 281 g/mol. The maximum atomic E-state index is 12.1. The molecule has 4 heteroatoms. The molecule has 0 atom stereocenters. The minimum atomic E-state index is -0.150. The van der Waals surface area contributed by atoms with E-state index in [0.717, 1.165) is 11.4 Å². The average molecular weight is 281 g/mol. The lowest BCUT2D eigenvalue weighted by Crippen LogP contribution is -2.23. The number of hydrogen-bond acceptors (Lipinski definition) is 2. The predicted molar refractivity (Wildman–Crippen MR) is 82.8 cm³/mol. The number of aromatic nitrogens is 2. The number of carbonyl (C=O) groups excluding carboxylic acids is 1. The van der Waals surface area contributed by atoms with Gasteiger partial charge in [0.2, 0.25) is 0 Å². The molecule has 1 aromatic heterocycles. The van der Waals surface area contributed by atoms with Crippen molar-refractivity contribution < 1.29 is 4.79 Å². The van der Waals surface area contributed by atoms with Gasteiger partial charge >= 0.3 is 0 Å². The molecule has 0 bridgehead atoms. The van der Waals surface area contributed by atoms with E-state index in [1.807, 2.05) is 22.9 Å². The van der Waals surface area contributed by atoms with Gasteiger partial charge in [0.1, 0.15) is 0 Å². The number of hydrogen-bond donors (Lipinski definition) is 1. The number of amides is 1. The highest BCUT2D eigenvalue weighted by atomic mass is 16.1. The van der Waals surface area contributed by atoms with Gasteiger partial charge in [-0.3, -0.25) is 4.79 Å². The number of nitrogens with one attached hydrogen (secondary N) is 1. The second-order valence-electron chi connectivity index (χ2n) is 5.48. The average Bonchev–Trinajstić information content (AvgIpc) is 3.23. The molecule has 1 heterocycles. The third kappa shape index (κ3) is 2.89. The molecule has 2 aromatic rings. The zero-order valence-corrected chi connectivity index (χ0v) is 12.2. The molecule has 0 radical (unpaired) electrons. The van der Waals surface area contributed by atoms with Crippen LogP contribution >= 0.6 is 0 Å². The van der Waals surface area contributed by atoms with E-state index in [-0.39, 0.29) is 5.91 Å². The van der Waals surface area contributed by atoms with Crippen LogP contribution in [-0.4, -0.2) is 22.2 Å². The van der Waals surface area contributed by atoms with Gasteiger partial charge in [-0.15, -0.1) is 6.58 Å². The molecule has 21 heavy (non-hydrogen) atoms. The summed E-state index contributed by atoms with van der Waals surface area (Å²) in [6, 6.07) is 10.1. The number of rotatable bonds is 5. The first kappa shape index (κ1) is 13.6. The largest absolute Gasteiger partial charge is 0.347 e. The maximum Gasteiger partial charge on any atom is 0.272 e. The summed E-state index contributed by atoms with van der Waals surface area (Å²) in [5, 5.41) is 7.28. The van der Waals surface area contributed by atoms with Gasteiger partial charge in [-0.05, 0) is 43.5 Å². The van der Waals surface area contributed by atoms with Gasteiger partial charge < -0.3 is 5.32 Å². The molecule has 1 aliphatic carbocycles. The normalized spacial score (nSPS) is 14.0. The van der Waals surface area contributed by atoms with Crippen LogP contribution < -0.4 is 5.32 Å². The summed E-state index contributed by atoms with van der Waals surface area (Å²) in [6.45, 7) is 6.11. The first-order chi connectivity index (χ1) is 10.2. The fourth-order valence-corrected chi connectivity index (χ4v) is 2.40. The van der Waals surface area contributed by atoms with E-state index in [1.165, 1.54) is 18.4 Å². The van der Waals surface area contributed by atoms with E-state index in [4.69, 9.17) is 0 Å². The minimum Gasteiger partial charge on any atom is -0.347 e. The number of nitrogens with zero attached hydrogens (tertiary/aromatic N) is 2. The SMILES string of the molecule is C=CCNC(=O)c1cc(C2CC2)n(-c2cccc(C)c2)n1.